The molecule has 1 unspecified atom stereocenters. The zero-order valence-electron chi connectivity index (χ0n) is 92.8. The first-order valence-electron chi connectivity index (χ1n) is 49.5. The maximum Gasteiger partial charge on any atom is 1.00 e. The van der Waals surface area contributed by atoms with Crippen LogP contribution in [-0.4, -0.2) is 203 Å². The van der Waals surface area contributed by atoms with Crippen molar-refractivity contribution in [3.05, 3.63) is 216 Å². The smallest absolute Gasteiger partial charge is 0.662 e. The molecule has 8 aromatic rings. The van der Waals surface area contributed by atoms with Crippen molar-refractivity contribution in [3.8, 4) is 46.0 Å². The minimum atomic E-state index is -1.00. The molecule has 1 radical (unpaired) electrons. The number of nitrogens with zero attached hydrogens (tertiary/aromatic N) is 2. The van der Waals surface area contributed by atoms with Crippen molar-refractivity contribution in [3.63, 3.8) is 0 Å². The SMILES string of the molecule is CC.CC.CC.CC.CC.CC.CC.CC.CC.CC.CC.CC.CC.C[C@H]1CCOC1O.Cc1ccccc1Oc1ccccc1N.Cc1ccccc1Oc1ccccc1N(C[C@@H](C)CCO)C(=O)CCl.Cc1ccccc1Oc1ccccc1N1C[C@H](CCO)CCC1=O.Cc1ccccc1Oc1ccccc1NC[C@@H](C)CCO.Cl.N[C@H]1CCOC1=O.O=C(Cl)CCl.O=CO[O-].[2H]CF.[Cs+].[Cs]. The number of hydrogen-bond donors (Lipinski definition) is 7. The molecule has 0 aromatic heterocycles. The second kappa shape index (κ2) is 123. The number of aliphatic hydroxyl groups excluding tert-OH is 4. The number of piperidine rings is 1. The molecule has 11 rings (SSSR count). The predicted molar refractivity (Wildman–Crippen MR) is 591 cm³/mol. The Morgan fingerprint density at radius 2 is 0.892 bits per heavy atom. The standard InChI is InChI=1S/C20H24ClNO3.C20H23NO3.C18H23NO2.C13H13NO.C5H10O2.C4H7NO2.C2H2Cl2O.13C2H6.CH3F.CH2O3.ClH.2Cs/c1-15(11-12-23)14-22(20(24)13-21)17-8-4-6-10-19(17)25-18-9-5-3-7-16(18)2;1-15-6-2-4-8-18(15)24-19-9-5-3-7-17(19)21-14-16(12-13-22)10-11-20(21)23;1-14(11-12-20)13-19-16-8-4-6-10-18(16)21-17-9-5-3-7-15(17)2;1-10-6-2-4-8-12(10)15-13-9-5-3-7-11(13)14;1-4-2-3-7-5(4)6;5-3-1-2-7-4(3)6;3-1-2(4)5;14*1-2;2-1-4-3;;;/h3-10,15,23H,11-14H2,1-2H3;2-9,16,22H,10-14H2,1H3;3-10,14,19-20H,11-13H2,1-2H3;2-9H,14H2,1H3;4-6H,2-3H2,1H3;3H,1-2,5H2;1H2;13*1-2H3;1H3;1,3H;1H;;/q;;;;;;;;;;;;;;;;;;;;;;;;+1/p-1/t15-;16-;14-;;4-,5?;3-;;;;;;;;;;;;;;;;;;;/m000.00.................../s1/i;;;;;;;;;;;;;;;;;;;;1D;;;;. The molecular weight excluding hydrogens is 2090 g/mol. The van der Waals surface area contributed by atoms with E-state index in [4.69, 9.17) is 96.7 Å². The number of nitrogen functional groups attached to an aromatic ring is 1. The number of hydrogen-bond acceptors (Lipinski definition) is 20. The maximum atomic E-state index is 12.4. The van der Waals surface area contributed by atoms with Gasteiger partial charge in [-0.1, -0.05) is 322 Å². The van der Waals surface area contributed by atoms with E-state index < -0.39 is 18.7 Å². The molecule has 2 amide bonds. The molecule has 22 nitrogen and oxygen atoms in total. The van der Waals surface area contributed by atoms with Gasteiger partial charge in [0.15, 0.2) is 23.5 Å². The number of nitrogens with one attached hydrogen (secondary N) is 1. The molecule has 3 fully saturated rings. The van der Waals surface area contributed by atoms with Crippen molar-refractivity contribution >= 4 is 168 Å². The van der Waals surface area contributed by atoms with Crippen LogP contribution >= 0.6 is 47.2 Å². The largest absolute Gasteiger partial charge is 1.00 e. The van der Waals surface area contributed by atoms with Gasteiger partial charge in [0.2, 0.25) is 17.1 Å². The van der Waals surface area contributed by atoms with Crippen LogP contribution in [0.25, 0.3) is 0 Å². The van der Waals surface area contributed by atoms with Crippen molar-refractivity contribution < 1.29 is 158 Å². The van der Waals surface area contributed by atoms with E-state index >= 15 is 0 Å². The van der Waals surface area contributed by atoms with E-state index in [2.05, 4.69) is 21.9 Å². The van der Waals surface area contributed by atoms with Crippen LogP contribution in [0.15, 0.2) is 194 Å². The van der Waals surface area contributed by atoms with Crippen molar-refractivity contribution in [1.29, 1.82) is 0 Å². The Kier molecular flexibility index (Phi) is 144. The number of nitrogens with two attached hydrogens (primary N) is 2. The Balaban J connectivity index is -0.000000108. The minimum absolute atomic E-state index is 0. The molecule has 789 valence electrons. The van der Waals surface area contributed by atoms with E-state index in [0.29, 0.717) is 85.3 Å². The second-order valence-electron chi connectivity index (χ2n) is 25.4. The number of halogens is 5. The van der Waals surface area contributed by atoms with Gasteiger partial charge in [-0.3, -0.25) is 28.4 Å². The van der Waals surface area contributed by atoms with Gasteiger partial charge in [-0.2, -0.15) is 0 Å². The Morgan fingerprint density at radius 3 is 1.22 bits per heavy atom. The van der Waals surface area contributed by atoms with Gasteiger partial charge in [-0.05, 0) is 184 Å². The van der Waals surface area contributed by atoms with Crippen LogP contribution in [0, 0.1) is 51.4 Å². The maximum absolute atomic E-state index is 12.4. The Hall–Kier alpha value is -4.98. The average molecular weight is 2280 g/mol. The minimum Gasteiger partial charge on any atom is -0.662 e. The van der Waals surface area contributed by atoms with Crippen LogP contribution < -0.4 is 120 Å². The van der Waals surface area contributed by atoms with E-state index in [1.807, 2.05) is 416 Å². The number of aryl methyl sites for hydroxylation is 4. The molecular formula is C110H185Cl4Cs2FN5O17. The topological polar surface area (TPSA) is 324 Å². The third-order valence-corrected chi connectivity index (χ3v) is 17.4. The van der Waals surface area contributed by atoms with Crippen LogP contribution in [0.1, 0.15) is 269 Å². The number of anilines is 4. The van der Waals surface area contributed by atoms with Crippen molar-refractivity contribution in [2.24, 2.45) is 29.4 Å². The van der Waals surface area contributed by atoms with Gasteiger partial charge in [0.05, 0.1) is 50.4 Å². The zero-order valence-corrected chi connectivity index (χ0v) is 107. The van der Waals surface area contributed by atoms with Gasteiger partial charge in [0.25, 0.3) is 6.47 Å². The number of para-hydroxylation sites is 12. The number of aliphatic hydroxyl groups is 4. The summed E-state index contributed by atoms with van der Waals surface area (Å²) in [6.45, 7) is 69.6. The predicted octanol–water partition coefficient (Wildman–Crippen LogP) is 25.9. The molecule has 3 heterocycles. The van der Waals surface area contributed by atoms with Gasteiger partial charge in [0.1, 0.15) is 40.7 Å². The van der Waals surface area contributed by atoms with Crippen LogP contribution in [0.4, 0.5) is 27.1 Å². The molecule has 6 atom stereocenters. The second-order valence-corrected chi connectivity index (χ2v) is 26.3. The molecule has 0 bridgehead atoms. The van der Waals surface area contributed by atoms with E-state index in [-0.39, 0.29) is 218 Å². The van der Waals surface area contributed by atoms with Crippen molar-refractivity contribution in [2.75, 3.05) is 92.4 Å². The van der Waals surface area contributed by atoms with Gasteiger partial charge >= 0.3 is 74.9 Å². The quantitative estimate of drug-likeness (QED) is 0.00562. The molecule has 3 aliphatic rings. The van der Waals surface area contributed by atoms with Crippen LogP contribution in [0.2, 0.25) is 0 Å². The summed E-state index contributed by atoms with van der Waals surface area (Å²) in [6, 6.07) is 61.6. The summed E-state index contributed by atoms with van der Waals surface area (Å²) in [7, 11) is -1.00. The Morgan fingerprint density at radius 1 is 0.547 bits per heavy atom. The van der Waals surface area contributed by atoms with Crippen LogP contribution in [0.5, 0.6) is 46.0 Å². The first-order chi connectivity index (χ1) is 66.4. The zero-order chi connectivity index (χ0) is 108. The van der Waals surface area contributed by atoms with E-state index in [0.717, 1.165) is 101 Å². The normalized spacial score (nSPS) is 12.9. The molecule has 0 spiro atoms. The fourth-order valence-corrected chi connectivity index (χ4v) is 10.5. The average Bonchev–Trinajstić information content (AvgIpc) is 1.01. The molecule has 3 aliphatic heterocycles. The van der Waals surface area contributed by atoms with Gasteiger partial charge < -0.3 is 85.6 Å². The molecule has 29 heteroatoms. The molecule has 0 saturated carbocycles. The number of cyclic esters (lactones) is 1. The summed E-state index contributed by atoms with van der Waals surface area (Å²) in [6.07, 6.45) is 4.70. The Labute approximate surface area is 983 Å². The van der Waals surface area contributed by atoms with Crippen molar-refractivity contribution in [1.82, 2.24) is 0 Å². The van der Waals surface area contributed by atoms with E-state index in [1.165, 1.54) is 0 Å². The molecule has 8 aromatic carbocycles. The Bertz CT molecular complexity index is 3960. The molecule has 139 heavy (non-hydrogen) atoms. The monoisotopic (exact) mass is 2270 g/mol. The van der Waals surface area contributed by atoms with Crippen LogP contribution in [-0.2, 0) is 38.3 Å². The van der Waals surface area contributed by atoms with Gasteiger partial charge in [-0.15, -0.1) is 35.6 Å². The van der Waals surface area contributed by atoms with Crippen molar-refractivity contribution in [2.45, 2.75) is 286 Å². The van der Waals surface area contributed by atoms with E-state index in [9.17, 15) is 28.7 Å². The fourth-order valence-electron chi connectivity index (χ4n) is 10.4. The number of esters is 1. The molecule has 9 N–H and O–H groups in total. The summed E-state index contributed by atoms with van der Waals surface area (Å²) in [5, 5.41) is 47.4. The number of rotatable bonds is 24. The fraction of sp³-hybridized carbons (Fsp3) is 0.518. The summed E-state index contributed by atoms with van der Waals surface area (Å²) < 4.78 is 48.7. The first kappa shape index (κ1) is 162. The van der Waals surface area contributed by atoms with E-state index in [1.54, 1.807) is 9.80 Å². The number of alkyl halides is 3. The number of amides is 2. The van der Waals surface area contributed by atoms with Gasteiger partial charge in [0, 0.05) is 127 Å². The summed E-state index contributed by atoms with van der Waals surface area (Å²) >= 11 is 15.4. The molecule has 3 saturated heterocycles. The summed E-state index contributed by atoms with van der Waals surface area (Å²) in [4.78, 5) is 59.2. The third-order valence-electron chi connectivity index (χ3n) is 16.7. The third kappa shape index (κ3) is 81.9. The summed E-state index contributed by atoms with van der Waals surface area (Å²) in [5.74, 6) is 6.77. The molecule has 0 aliphatic carbocycles. The first-order valence-corrected chi connectivity index (χ1v) is 50.2. The number of carbonyl (C=O) groups is 5. The van der Waals surface area contributed by atoms with Gasteiger partial charge in [-0.25, -0.2) is 0 Å². The number of carbonyl (C=O) groups excluding carboxylic acids is 5. The number of ether oxygens (including phenoxy) is 6. The summed E-state index contributed by atoms with van der Waals surface area (Å²) in [5.41, 5.74) is 18.4. The van der Waals surface area contributed by atoms with Crippen LogP contribution in [0.3, 0.4) is 0 Å². The number of benzene rings is 8.